The van der Waals surface area contributed by atoms with Gasteiger partial charge in [-0.2, -0.15) is 13.2 Å². The van der Waals surface area contributed by atoms with Crippen molar-refractivity contribution < 1.29 is 18.0 Å². The van der Waals surface area contributed by atoms with Crippen LogP contribution in [0, 0.1) is 5.92 Å². The highest BCUT2D eigenvalue weighted by atomic mass is 19.4. The Morgan fingerprint density at radius 2 is 1.85 bits per heavy atom. The van der Waals surface area contributed by atoms with Gasteiger partial charge < -0.3 is 15.1 Å². The number of rotatable bonds is 5. The number of likely N-dealkylation sites (tertiary alicyclic amines) is 1. The van der Waals surface area contributed by atoms with E-state index in [9.17, 15) is 18.0 Å². The van der Waals surface area contributed by atoms with E-state index in [0.717, 1.165) is 11.3 Å². The van der Waals surface area contributed by atoms with E-state index >= 15 is 0 Å². The van der Waals surface area contributed by atoms with Gasteiger partial charge in [-0.15, -0.1) is 0 Å². The Kier molecular flexibility index (Phi) is 6.64. The van der Waals surface area contributed by atoms with E-state index in [1.165, 1.54) is 30.4 Å². The molecule has 1 aliphatic heterocycles. The van der Waals surface area contributed by atoms with Gasteiger partial charge in [-0.1, -0.05) is 38.1 Å². The van der Waals surface area contributed by atoms with Crippen molar-refractivity contribution in [3.63, 3.8) is 0 Å². The molecule has 34 heavy (non-hydrogen) atoms. The number of carbonyl (C=O) groups excluding carboxylic acids is 1. The molecule has 2 atom stereocenters. The quantitative estimate of drug-likeness (QED) is 0.677. The molecule has 2 heterocycles. The predicted molar refractivity (Wildman–Crippen MR) is 127 cm³/mol. The number of piperidine rings is 1. The largest absolute Gasteiger partial charge is 0.414 e. The van der Waals surface area contributed by atoms with Crippen LogP contribution >= 0.6 is 0 Å². The van der Waals surface area contributed by atoms with Crippen molar-refractivity contribution in [2.24, 2.45) is 5.92 Å². The van der Waals surface area contributed by atoms with Crippen LogP contribution in [0.1, 0.15) is 49.6 Å². The third kappa shape index (κ3) is 4.78. The van der Waals surface area contributed by atoms with E-state index in [1.807, 2.05) is 19.2 Å². The molecule has 184 valence electrons. The number of hydrogen-bond acceptors (Lipinski definition) is 4. The molecule has 5 nitrogen and oxygen atoms in total. The second kappa shape index (κ2) is 9.21. The van der Waals surface area contributed by atoms with Crippen LogP contribution in [0.2, 0.25) is 0 Å². The molecule has 0 saturated carbocycles. The number of halogens is 3. The summed E-state index contributed by atoms with van der Waals surface area (Å²) in [6.07, 6.45) is -1.20. The van der Waals surface area contributed by atoms with Gasteiger partial charge in [-0.3, -0.25) is 9.78 Å². The summed E-state index contributed by atoms with van der Waals surface area (Å²) >= 11 is 0. The SMILES string of the molecule is CN1CCC(C(=O)N(C)[C@@H](c2ccc(NC3Cc4ccccc4C3(C)C)cn2)C(F)(F)F)CC1. The highest BCUT2D eigenvalue weighted by Gasteiger charge is 2.47. The van der Waals surface area contributed by atoms with Crippen molar-refractivity contribution >= 4 is 11.6 Å². The van der Waals surface area contributed by atoms with Crippen LogP contribution < -0.4 is 5.32 Å². The van der Waals surface area contributed by atoms with Gasteiger partial charge >= 0.3 is 6.18 Å². The van der Waals surface area contributed by atoms with Crippen molar-refractivity contribution in [2.45, 2.75) is 56.8 Å². The molecule has 8 heteroatoms. The number of aromatic nitrogens is 1. The molecule has 1 aromatic carbocycles. The molecule has 2 aromatic rings. The summed E-state index contributed by atoms with van der Waals surface area (Å²) in [6, 6.07) is 9.34. The molecule has 0 spiro atoms. The molecule has 1 fully saturated rings. The van der Waals surface area contributed by atoms with Crippen molar-refractivity contribution in [1.29, 1.82) is 0 Å². The number of nitrogens with one attached hydrogen (secondary N) is 1. The third-order valence-corrected chi connectivity index (χ3v) is 7.53. The number of fused-ring (bicyclic) bond motifs is 1. The van der Waals surface area contributed by atoms with Gasteiger partial charge in [0.1, 0.15) is 0 Å². The Morgan fingerprint density at radius 1 is 1.18 bits per heavy atom. The molecule has 0 bridgehead atoms. The summed E-state index contributed by atoms with van der Waals surface area (Å²) in [6.45, 7) is 5.75. The second-order valence-electron chi connectivity index (χ2n) is 10.2. The van der Waals surface area contributed by atoms with Gasteiger partial charge in [0.05, 0.1) is 17.6 Å². The minimum Gasteiger partial charge on any atom is -0.380 e. The van der Waals surface area contributed by atoms with Crippen LogP contribution in [-0.2, 0) is 16.6 Å². The van der Waals surface area contributed by atoms with E-state index in [4.69, 9.17) is 0 Å². The first kappa shape index (κ1) is 24.5. The minimum atomic E-state index is -4.62. The molecule has 0 radical (unpaired) electrons. The summed E-state index contributed by atoms with van der Waals surface area (Å²) in [4.78, 5) is 20.0. The molecular weight excluding hydrogens is 441 g/mol. The van der Waals surface area contributed by atoms with Crippen LogP contribution in [0.25, 0.3) is 0 Å². The Labute approximate surface area is 199 Å². The van der Waals surface area contributed by atoms with Crippen LogP contribution in [0.4, 0.5) is 18.9 Å². The van der Waals surface area contributed by atoms with E-state index in [1.54, 1.807) is 6.07 Å². The van der Waals surface area contributed by atoms with Gasteiger partial charge in [-0.25, -0.2) is 0 Å². The highest BCUT2D eigenvalue weighted by Crippen LogP contribution is 2.41. The van der Waals surface area contributed by atoms with Gasteiger partial charge in [0.2, 0.25) is 5.91 Å². The Hall–Kier alpha value is -2.61. The number of nitrogens with zero attached hydrogens (tertiary/aromatic N) is 3. The molecule has 2 aliphatic rings. The summed E-state index contributed by atoms with van der Waals surface area (Å²) < 4.78 is 42.2. The number of hydrogen-bond donors (Lipinski definition) is 1. The lowest BCUT2D eigenvalue weighted by molar-refractivity contribution is -0.191. The fraction of sp³-hybridized carbons (Fsp3) is 0.538. The first-order valence-electron chi connectivity index (χ1n) is 11.8. The maximum atomic E-state index is 14.1. The third-order valence-electron chi connectivity index (χ3n) is 7.53. The monoisotopic (exact) mass is 474 g/mol. The number of alkyl halides is 3. The summed E-state index contributed by atoms with van der Waals surface area (Å²) in [5.74, 6) is -0.858. The zero-order chi connectivity index (χ0) is 24.7. The number of benzene rings is 1. The maximum absolute atomic E-state index is 14.1. The van der Waals surface area contributed by atoms with Gasteiger partial charge in [0.15, 0.2) is 6.04 Å². The number of pyridine rings is 1. The lowest BCUT2D eigenvalue weighted by Crippen LogP contribution is -2.45. The number of amides is 1. The molecular formula is C26H33F3N4O. The lowest BCUT2D eigenvalue weighted by atomic mass is 9.83. The van der Waals surface area contributed by atoms with Crippen molar-refractivity contribution in [2.75, 3.05) is 32.5 Å². The predicted octanol–water partition coefficient (Wildman–Crippen LogP) is 4.80. The second-order valence-corrected chi connectivity index (χ2v) is 10.2. The molecule has 1 aliphatic carbocycles. The van der Waals surface area contributed by atoms with Crippen molar-refractivity contribution in [3.8, 4) is 0 Å². The van der Waals surface area contributed by atoms with E-state index in [0.29, 0.717) is 31.6 Å². The fourth-order valence-corrected chi connectivity index (χ4v) is 5.33. The standard InChI is InChI=1S/C26H33F3N4O/c1-25(2)20-8-6-5-7-18(20)15-22(25)31-19-9-10-21(30-16-19)23(26(27,28)29)33(4)24(34)17-11-13-32(3)14-12-17/h5-10,16-17,22-23,31H,11-15H2,1-4H3/t22?,23-/m0/s1. The fourth-order valence-electron chi connectivity index (χ4n) is 5.33. The molecule has 1 N–H and O–H groups in total. The van der Waals surface area contributed by atoms with Gasteiger partial charge in [0, 0.05) is 24.4 Å². The van der Waals surface area contributed by atoms with Gasteiger partial charge in [-0.05, 0) is 62.7 Å². The van der Waals surface area contributed by atoms with Crippen LogP contribution in [0.3, 0.4) is 0 Å². The molecule has 1 unspecified atom stereocenters. The summed E-state index contributed by atoms with van der Waals surface area (Å²) in [7, 11) is 3.19. The first-order chi connectivity index (χ1) is 16.0. The zero-order valence-corrected chi connectivity index (χ0v) is 20.2. The van der Waals surface area contributed by atoms with E-state index in [2.05, 4.69) is 41.2 Å². The summed E-state index contributed by atoms with van der Waals surface area (Å²) in [5.41, 5.74) is 2.93. The van der Waals surface area contributed by atoms with E-state index < -0.39 is 24.0 Å². The van der Waals surface area contributed by atoms with Crippen molar-refractivity contribution in [3.05, 3.63) is 59.4 Å². The van der Waals surface area contributed by atoms with Crippen molar-refractivity contribution in [1.82, 2.24) is 14.8 Å². The highest BCUT2D eigenvalue weighted by molar-refractivity contribution is 5.79. The molecule has 1 saturated heterocycles. The smallest absolute Gasteiger partial charge is 0.380 e. The normalized spacial score (nSPS) is 21.7. The van der Waals surface area contributed by atoms with Crippen LogP contribution in [0.15, 0.2) is 42.6 Å². The average Bonchev–Trinajstić information content (AvgIpc) is 3.04. The zero-order valence-electron chi connectivity index (χ0n) is 20.2. The molecule has 1 aromatic heterocycles. The lowest BCUT2D eigenvalue weighted by Gasteiger charge is -2.35. The Bertz CT molecular complexity index is 1010. The average molecular weight is 475 g/mol. The number of carbonyl (C=O) groups is 1. The van der Waals surface area contributed by atoms with Crippen LogP contribution in [0.5, 0.6) is 0 Å². The maximum Gasteiger partial charge on any atom is 0.414 e. The number of anilines is 1. The molecule has 1 amide bonds. The van der Waals surface area contributed by atoms with E-state index in [-0.39, 0.29) is 17.2 Å². The first-order valence-corrected chi connectivity index (χ1v) is 11.8. The summed E-state index contributed by atoms with van der Waals surface area (Å²) in [5, 5.41) is 3.46. The van der Waals surface area contributed by atoms with Gasteiger partial charge in [0.25, 0.3) is 0 Å². The Morgan fingerprint density at radius 3 is 2.44 bits per heavy atom. The molecule has 4 rings (SSSR count). The van der Waals surface area contributed by atoms with Crippen LogP contribution in [-0.4, -0.2) is 60.1 Å². The Balaban J connectivity index is 1.50. The minimum absolute atomic E-state index is 0.102. The topological polar surface area (TPSA) is 48.5 Å².